The number of aromatic amines is 2. The monoisotopic (exact) mass is 1270 g/mol. The van der Waals surface area contributed by atoms with Gasteiger partial charge in [-0.2, -0.15) is 14.6 Å². The normalized spacial score (nSPS) is 12.8. The van der Waals surface area contributed by atoms with E-state index in [0.29, 0.717) is 82.3 Å². The van der Waals surface area contributed by atoms with Crippen LogP contribution in [0.4, 0.5) is 0 Å². The molecule has 10 rings (SSSR count). The molecule has 0 spiro atoms. The average Bonchev–Trinajstić information content (AvgIpc) is 1.72. The Morgan fingerprint density at radius 3 is 1.37 bits per heavy atom. The van der Waals surface area contributed by atoms with Gasteiger partial charge in [-0.15, -0.1) is 10.2 Å². The van der Waals surface area contributed by atoms with Crippen LogP contribution in [-0.4, -0.2) is 213 Å². The number of H-pyrrole nitrogens is 2. The van der Waals surface area contributed by atoms with Crippen molar-refractivity contribution in [2.24, 2.45) is 0 Å². The second-order valence-corrected chi connectivity index (χ2v) is 22.0. The zero-order valence-corrected chi connectivity index (χ0v) is 49.7. The summed E-state index contributed by atoms with van der Waals surface area (Å²) in [7, 11) is -0.762. The molecule has 0 bridgehead atoms. The summed E-state index contributed by atoms with van der Waals surface area (Å²) in [6, 6.07) is 17.9. The lowest BCUT2D eigenvalue weighted by Crippen LogP contribution is -2.52. The lowest BCUT2D eigenvalue weighted by atomic mass is 10.1. The van der Waals surface area contributed by atoms with Gasteiger partial charge in [0.1, 0.15) is 24.2 Å². The number of fused-ring (bicyclic) bond motifs is 2. The number of benzene rings is 2. The van der Waals surface area contributed by atoms with E-state index in [1.54, 1.807) is 71.2 Å². The fourth-order valence-corrected chi connectivity index (χ4v) is 10.7. The molecule has 8 aromatic rings. The predicted molar refractivity (Wildman–Crippen MR) is 326 cm³/mol. The van der Waals surface area contributed by atoms with Crippen molar-refractivity contribution in [2.45, 2.75) is 65.7 Å². The van der Waals surface area contributed by atoms with E-state index < -0.39 is 45.2 Å². The number of methoxy groups -OCH3 is 2. The second-order valence-electron chi connectivity index (χ2n) is 19.0. The van der Waals surface area contributed by atoms with Crippen LogP contribution in [0, 0.1) is 0 Å². The zero-order chi connectivity index (χ0) is 63.0. The second kappa shape index (κ2) is 32.2. The molecule has 2 aliphatic rings. The first-order chi connectivity index (χ1) is 41.8. The maximum atomic E-state index is 13.4. The number of hydrogen-bond donors (Lipinski definition) is 4. The number of amides is 4. The molecule has 0 unspecified atom stereocenters. The van der Waals surface area contributed by atoms with Crippen LogP contribution in [0.2, 0.25) is 0 Å². The third-order valence-electron chi connectivity index (χ3n) is 13.1. The third-order valence-corrected chi connectivity index (χ3v) is 15.8. The number of carbonyl (C=O) groups excluding carboxylic acids is 7. The number of carboxylic acids is 1. The minimum atomic E-state index is -3.66. The summed E-state index contributed by atoms with van der Waals surface area (Å²) in [6.07, 6.45) is 9.95. The molecule has 4 amide bonds. The Morgan fingerprint density at radius 1 is 0.596 bits per heavy atom. The average molecular weight is 1270 g/mol. The highest BCUT2D eigenvalue weighted by molar-refractivity contribution is 7.99. The number of rotatable bonds is 16. The highest BCUT2D eigenvalue weighted by atomic mass is 32.2. The lowest BCUT2D eigenvalue weighted by Gasteiger charge is -2.34. The van der Waals surface area contributed by atoms with Crippen molar-refractivity contribution < 1.29 is 71.5 Å². The fraction of sp³-hybridized carbons (Fsp3) is 0.345. The van der Waals surface area contributed by atoms with Gasteiger partial charge < -0.3 is 49.0 Å². The van der Waals surface area contributed by atoms with Crippen molar-refractivity contribution in [3.8, 4) is 23.1 Å². The van der Waals surface area contributed by atoms with Crippen molar-refractivity contribution in [3.63, 3.8) is 0 Å². The molecule has 4 N–H and O–H groups in total. The number of Topliss-reactive ketones (excluding diaryl/α,β-unsaturated/α-hetero) is 2. The Balaban J connectivity index is 0.000000280. The number of carboxylic acid groups (broad SMARTS) is 1. The largest absolute Gasteiger partial charge is 0.494 e. The standard InChI is InChI=1S/C26H27N7O6S.C26H27N7O4S.C2H4O3.C2H4O2.2CH4/c1-3-13-40(37,38)26-29-16-33(30-26)23-21-20(19(39-2)15-28-23)18(14-27-21)22(34)25(36)32-11-9-31(10-12-32)24(35)17-7-5-4-6-8-17;1-3-13-38-26-29-16-33(30-26)23-21-20(19(37-2)15-28-23)18(14-27-21)22(34)25(36)32-11-9-31(10-12-32)24(35)17-7-5-4-6-8-17;1-2(3)5-4;1-2(3)4;;/h4-8,14-16,27H,3,9-13H2,1-2H3;4-8,14-16,27H,3,9-13H2,1-2H3;4H,1H3;1H3,(H,3,4);2*1H4. The molecule has 474 valence electrons. The summed E-state index contributed by atoms with van der Waals surface area (Å²) < 4.78 is 38.4. The van der Waals surface area contributed by atoms with Crippen LogP contribution in [0.25, 0.3) is 33.4 Å². The number of ketones is 2. The van der Waals surface area contributed by atoms with Crippen molar-refractivity contribution in [1.29, 1.82) is 0 Å². The summed E-state index contributed by atoms with van der Waals surface area (Å²) >= 11 is 1.54. The maximum absolute atomic E-state index is 13.4. The lowest BCUT2D eigenvalue weighted by molar-refractivity contribution is -0.231. The SMILES string of the molecule is C.C.CC(=O)O.CC(=O)OO.CCCS(=O)(=O)c1ncn(-c2ncc(OC)c3c(C(=O)C(=O)N4CCN(C(=O)c5ccccc5)CC4)c[nH]c23)n1.CCCSc1ncn(-c2ncc(OC)c3c(C(=O)C(=O)N4CCN(C(=O)c5ccccc5)CC4)c[nH]c23)n1. The Bertz CT molecular complexity index is 3890. The molecule has 0 aliphatic carbocycles. The van der Waals surface area contributed by atoms with E-state index in [2.05, 4.69) is 51.9 Å². The molecule has 2 saturated heterocycles. The quantitative estimate of drug-likeness (QED) is 0.0296. The number of hydrogen-bond acceptors (Lipinski definition) is 21. The number of nitrogens with one attached hydrogen (secondary N) is 2. The summed E-state index contributed by atoms with van der Waals surface area (Å²) in [5, 5.41) is 24.3. The molecular weight excluding hydrogens is 1200 g/mol. The molecule has 8 heterocycles. The number of sulfone groups is 1. The van der Waals surface area contributed by atoms with Crippen LogP contribution in [0.3, 0.4) is 0 Å². The Kier molecular flexibility index (Phi) is 25.3. The number of piperazine rings is 2. The van der Waals surface area contributed by atoms with Crippen LogP contribution in [0.5, 0.6) is 11.5 Å². The minimum absolute atomic E-state index is 0. The van der Waals surface area contributed by atoms with Crippen molar-refractivity contribution >= 4 is 90.5 Å². The van der Waals surface area contributed by atoms with Crippen LogP contribution in [0.15, 0.2) is 108 Å². The van der Waals surface area contributed by atoms with E-state index in [1.807, 2.05) is 24.3 Å². The molecule has 2 fully saturated rings. The number of aliphatic carboxylic acids is 1. The highest BCUT2D eigenvalue weighted by Gasteiger charge is 2.34. The van der Waals surface area contributed by atoms with Gasteiger partial charge in [0.25, 0.3) is 46.3 Å². The maximum Gasteiger partial charge on any atom is 0.339 e. The molecule has 2 aliphatic heterocycles. The molecule has 2 aromatic carbocycles. The smallest absolute Gasteiger partial charge is 0.339 e. The summed E-state index contributed by atoms with van der Waals surface area (Å²) in [4.78, 5) is 129. The predicted octanol–water partition coefficient (Wildman–Crippen LogP) is 5.71. The molecule has 89 heavy (non-hydrogen) atoms. The third kappa shape index (κ3) is 16.8. The first kappa shape index (κ1) is 69.9. The van der Waals surface area contributed by atoms with E-state index in [1.165, 1.54) is 64.5 Å². The van der Waals surface area contributed by atoms with E-state index in [-0.39, 0.29) is 86.5 Å². The Hall–Kier alpha value is -9.88. The van der Waals surface area contributed by atoms with E-state index >= 15 is 0 Å². The van der Waals surface area contributed by atoms with Crippen LogP contribution in [0.1, 0.15) is 96.8 Å². The summed E-state index contributed by atoms with van der Waals surface area (Å²) in [6.45, 7) is 8.28. The summed E-state index contributed by atoms with van der Waals surface area (Å²) in [5.74, 6) is -2.46. The van der Waals surface area contributed by atoms with E-state index in [0.717, 1.165) is 26.0 Å². The first-order valence-electron chi connectivity index (χ1n) is 26.9. The van der Waals surface area contributed by atoms with Gasteiger partial charge in [0.15, 0.2) is 11.6 Å². The molecule has 0 saturated carbocycles. The van der Waals surface area contributed by atoms with Gasteiger partial charge in [-0.25, -0.2) is 33.1 Å². The van der Waals surface area contributed by atoms with Crippen molar-refractivity contribution in [3.05, 3.63) is 120 Å². The van der Waals surface area contributed by atoms with Gasteiger partial charge in [0, 0.05) is 95.5 Å². The van der Waals surface area contributed by atoms with Crippen LogP contribution < -0.4 is 9.47 Å². The fourth-order valence-electron chi connectivity index (χ4n) is 8.96. The zero-order valence-electron chi connectivity index (χ0n) is 48.1. The number of ether oxygens (including phenoxy) is 2. The van der Waals surface area contributed by atoms with Gasteiger partial charge in [0.2, 0.25) is 15.0 Å². The van der Waals surface area contributed by atoms with Gasteiger partial charge in [-0.05, 0) is 37.1 Å². The number of nitrogens with zero attached hydrogens (tertiary/aromatic N) is 12. The number of thioether (sulfide) groups is 1. The van der Waals surface area contributed by atoms with E-state index in [4.69, 9.17) is 24.6 Å². The van der Waals surface area contributed by atoms with Gasteiger partial charge in [-0.1, -0.05) is 76.9 Å². The van der Waals surface area contributed by atoms with Gasteiger partial charge in [0.05, 0.1) is 65.3 Å². The van der Waals surface area contributed by atoms with Gasteiger partial charge in [-0.3, -0.25) is 33.6 Å². The molecule has 31 heteroatoms. The minimum Gasteiger partial charge on any atom is -0.494 e. The van der Waals surface area contributed by atoms with Crippen LogP contribution in [-0.2, 0) is 33.9 Å². The van der Waals surface area contributed by atoms with Crippen molar-refractivity contribution in [2.75, 3.05) is 78.1 Å². The van der Waals surface area contributed by atoms with E-state index in [9.17, 15) is 42.0 Å². The van der Waals surface area contributed by atoms with Crippen LogP contribution >= 0.6 is 11.8 Å². The Morgan fingerprint density at radius 2 is 0.989 bits per heavy atom. The highest BCUT2D eigenvalue weighted by Crippen LogP contribution is 2.34. The number of aromatic nitrogens is 10. The molecule has 29 nitrogen and oxygen atoms in total. The Labute approximate surface area is 516 Å². The molecular formula is C58H70N14O15S2. The number of pyridine rings is 2. The van der Waals surface area contributed by atoms with Gasteiger partial charge >= 0.3 is 5.97 Å². The molecule has 6 aromatic heterocycles. The first-order valence-corrected chi connectivity index (χ1v) is 29.6. The molecule has 0 radical (unpaired) electrons. The molecule has 0 atom stereocenters. The van der Waals surface area contributed by atoms with Crippen molar-refractivity contribution in [1.82, 2.24) is 69.1 Å². The number of carbonyl (C=O) groups is 8. The topological polar surface area (TPSA) is 371 Å². The summed E-state index contributed by atoms with van der Waals surface area (Å²) in [5.41, 5.74) is 2.25.